The molecule has 1 fully saturated rings. The summed E-state index contributed by atoms with van der Waals surface area (Å²) in [5.41, 5.74) is 1.49. The summed E-state index contributed by atoms with van der Waals surface area (Å²) in [6.45, 7) is -0.00986. The lowest BCUT2D eigenvalue weighted by Crippen LogP contribution is -2.58. The molecule has 31 heavy (non-hydrogen) atoms. The van der Waals surface area contributed by atoms with Crippen LogP contribution in [0.2, 0.25) is 0 Å². The summed E-state index contributed by atoms with van der Waals surface area (Å²) in [4.78, 5) is 26.8. The monoisotopic (exact) mass is 486 g/mol. The fraction of sp³-hybridized carbons (Fsp3) is 0.300. The minimum atomic E-state index is -4.13. The first kappa shape index (κ1) is 25.2. The second-order valence-corrected chi connectivity index (χ2v) is 10.4. The Bertz CT molecular complexity index is 1010. The lowest BCUT2D eigenvalue weighted by atomic mass is 9.95. The predicted octanol–water partition coefficient (Wildman–Crippen LogP) is 2.46. The van der Waals surface area contributed by atoms with Crippen LogP contribution in [0, 0.1) is 0 Å². The van der Waals surface area contributed by atoms with Crippen molar-refractivity contribution in [3.8, 4) is 0 Å². The molecule has 1 saturated heterocycles. The van der Waals surface area contributed by atoms with Gasteiger partial charge < -0.3 is 5.11 Å². The molecule has 1 amide bonds. The zero-order valence-corrected chi connectivity index (χ0v) is 18.9. The van der Waals surface area contributed by atoms with E-state index in [2.05, 4.69) is 0 Å². The molecule has 2 aromatic rings. The molecule has 0 bridgehead atoms. The van der Waals surface area contributed by atoms with Gasteiger partial charge in [-0.1, -0.05) is 30.0 Å². The summed E-state index contributed by atoms with van der Waals surface area (Å²) in [6.07, 6.45) is -0.231. The van der Waals surface area contributed by atoms with Gasteiger partial charge in [0.15, 0.2) is 14.6 Å². The van der Waals surface area contributed by atoms with Gasteiger partial charge >= 0.3 is 5.97 Å². The Kier molecular flexibility index (Phi) is 8.49. The lowest BCUT2D eigenvalue weighted by molar-refractivity contribution is -0.139. The van der Waals surface area contributed by atoms with E-state index < -0.39 is 26.5 Å². The van der Waals surface area contributed by atoms with Crippen LogP contribution in [-0.4, -0.2) is 59.9 Å². The first-order valence-electron chi connectivity index (χ1n) is 9.25. The summed E-state index contributed by atoms with van der Waals surface area (Å²) < 4.78 is 24.9. The summed E-state index contributed by atoms with van der Waals surface area (Å²) in [5, 5.41) is 18.1. The van der Waals surface area contributed by atoms with Crippen molar-refractivity contribution in [1.29, 1.82) is 0 Å². The number of aliphatic carboxylic acids is 1. The molecule has 168 valence electrons. The largest absolute Gasteiger partial charge is 0.480 e. The van der Waals surface area contributed by atoms with E-state index in [1.807, 2.05) is 30.3 Å². The highest BCUT2D eigenvalue weighted by Gasteiger charge is 2.53. The molecule has 0 spiro atoms. The number of benzene rings is 2. The van der Waals surface area contributed by atoms with E-state index >= 15 is 0 Å². The average molecular weight is 487 g/mol. The normalized spacial score (nSPS) is 16.2. The maximum atomic E-state index is 13.4. The van der Waals surface area contributed by atoms with Gasteiger partial charge in [0, 0.05) is 22.9 Å². The summed E-state index contributed by atoms with van der Waals surface area (Å²) >= 11 is 1.48. The number of carboxylic acid groups (broad SMARTS) is 1. The smallest absolute Gasteiger partial charge is 0.317 e. The first-order valence-corrected chi connectivity index (χ1v) is 11.5. The number of hydrogen-bond donors (Lipinski definition) is 3. The molecule has 1 aliphatic heterocycles. The van der Waals surface area contributed by atoms with Gasteiger partial charge in [-0.3, -0.25) is 19.7 Å². The third-order valence-electron chi connectivity index (χ3n) is 5.17. The summed E-state index contributed by atoms with van der Waals surface area (Å²) in [7, 11) is -4.13. The van der Waals surface area contributed by atoms with Crippen LogP contribution in [0.5, 0.6) is 0 Å². The number of carbonyl (C=O) groups is 2. The molecule has 0 aliphatic carbocycles. The standard InChI is InChI=1S/C20H22N2O6S2.ClH/c23-18(24)14-22-12-10-20(11-13-22,19(25)21-26)30(27,28)17-8-6-16(7-9-17)29-15-4-2-1-3-5-15;/h1-9,26H,10-14H2,(H,21,25)(H,23,24);1H. The van der Waals surface area contributed by atoms with E-state index in [9.17, 15) is 23.2 Å². The van der Waals surface area contributed by atoms with Crippen LogP contribution in [0.1, 0.15) is 12.8 Å². The molecule has 0 radical (unpaired) electrons. The highest BCUT2D eigenvalue weighted by molar-refractivity contribution is 7.99. The Morgan fingerprint density at radius 2 is 1.55 bits per heavy atom. The molecule has 1 heterocycles. The van der Waals surface area contributed by atoms with Crippen LogP contribution in [-0.2, 0) is 19.4 Å². The Labute approximate surface area is 190 Å². The van der Waals surface area contributed by atoms with E-state index in [1.54, 1.807) is 17.0 Å². The number of rotatable bonds is 7. The number of hydrogen-bond acceptors (Lipinski definition) is 7. The molecular weight excluding hydrogens is 464 g/mol. The van der Waals surface area contributed by atoms with E-state index in [1.165, 1.54) is 29.4 Å². The number of likely N-dealkylation sites (tertiary alicyclic amines) is 1. The van der Waals surface area contributed by atoms with Gasteiger partial charge in [-0.15, -0.1) is 12.4 Å². The molecule has 0 aromatic heterocycles. The van der Waals surface area contributed by atoms with E-state index in [0.29, 0.717) is 0 Å². The number of nitrogens with one attached hydrogen (secondary N) is 1. The molecule has 3 rings (SSSR count). The molecule has 0 saturated carbocycles. The predicted molar refractivity (Wildman–Crippen MR) is 117 cm³/mol. The summed E-state index contributed by atoms with van der Waals surface area (Å²) in [6, 6.07) is 15.9. The van der Waals surface area contributed by atoms with Gasteiger partial charge in [0.2, 0.25) is 0 Å². The van der Waals surface area contributed by atoms with Crippen LogP contribution in [0.15, 0.2) is 69.3 Å². The van der Waals surface area contributed by atoms with Crippen LogP contribution in [0.4, 0.5) is 0 Å². The molecule has 3 N–H and O–H groups in total. The Hall–Kier alpha value is -2.11. The number of carbonyl (C=O) groups excluding carboxylic acids is 1. The van der Waals surface area contributed by atoms with Crippen molar-refractivity contribution in [2.24, 2.45) is 0 Å². The topological polar surface area (TPSA) is 124 Å². The third kappa shape index (κ3) is 5.39. The van der Waals surface area contributed by atoms with Gasteiger partial charge in [0.1, 0.15) is 0 Å². The molecule has 2 aromatic carbocycles. The van der Waals surface area contributed by atoms with Crippen molar-refractivity contribution in [3.63, 3.8) is 0 Å². The van der Waals surface area contributed by atoms with Crippen molar-refractivity contribution in [3.05, 3.63) is 54.6 Å². The van der Waals surface area contributed by atoms with Gasteiger partial charge in [0.05, 0.1) is 11.4 Å². The number of halogens is 1. The number of hydroxylamine groups is 1. The van der Waals surface area contributed by atoms with Crippen LogP contribution < -0.4 is 5.48 Å². The molecule has 8 nitrogen and oxygen atoms in total. The molecule has 0 atom stereocenters. The number of carboxylic acids is 1. The first-order chi connectivity index (χ1) is 14.3. The van der Waals surface area contributed by atoms with Crippen LogP contribution >= 0.6 is 24.2 Å². The Morgan fingerprint density at radius 1 is 1.00 bits per heavy atom. The fourth-order valence-electron chi connectivity index (χ4n) is 3.52. The van der Waals surface area contributed by atoms with E-state index in [4.69, 9.17) is 5.11 Å². The van der Waals surface area contributed by atoms with Gasteiger partial charge in [-0.25, -0.2) is 13.9 Å². The Morgan fingerprint density at radius 3 is 2.06 bits per heavy atom. The SMILES string of the molecule is Cl.O=C(O)CN1CCC(C(=O)NO)(S(=O)(=O)c2ccc(Sc3ccccc3)cc2)CC1. The van der Waals surface area contributed by atoms with Crippen molar-refractivity contribution >= 4 is 45.9 Å². The number of nitrogens with zero attached hydrogens (tertiary/aromatic N) is 1. The van der Waals surface area contributed by atoms with E-state index in [0.717, 1.165) is 9.79 Å². The highest BCUT2D eigenvalue weighted by Crippen LogP contribution is 2.37. The minimum absolute atomic E-state index is 0. The van der Waals surface area contributed by atoms with Gasteiger partial charge in [-0.05, 0) is 49.2 Å². The molecule has 0 unspecified atom stereocenters. The number of amides is 1. The molecular formula is C20H23ClN2O6S2. The van der Waals surface area contributed by atoms with Crippen molar-refractivity contribution in [2.75, 3.05) is 19.6 Å². The second kappa shape index (κ2) is 10.5. The fourth-order valence-corrected chi connectivity index (χ4v) is 6.31. The van der Waals surface area contributed by atoms with Crippen LogP contribution in [0.25, 0.3) is 0 Å². The van der Waals surface area contributed by atoms with Crippen molar-refractivity contribution < 1.29 is 28.3 Å². The zero-order chi connectivity index (χ0) is 21.8. The number of sulfone groups is 1. The highest BCUT2D eigenvalue weighted by atomic mass is 35.5. The van der Waals surface area contributed by atoms with Gasteiger partial charge in [0.25, 0.3) is 5.91 Å². The summed E-state index contributed by atoms with van der Waals surface area (Å²) in [5.74, 6) is -2.02. The van der Waals surface area contributed by atoms with Crippen molar-refractivity contribution in [2.45, 2.75) is 32.3 Å². The maximum absolute atomic E-state index is 13.4. The third-order valence-corrected chi connectivity index (χ3v) is 8.70. The molecule has 11 heteroatoms. The number of piperidine rings is 1. The Balaban J connectivity index is 0.00000341. The van der Waals surface area contributed by atoms with Crippen LogP contribution in [0.3, 0.4) is 0 Å². The lowest BCUT2D eigenvalue weighted by Gasteiger charge is -2.38. The van der Waals surface area contributed by atoms with Crippen molar-refractivity contribution in [1.82, 2.24) is 10.4 Å². The molecule has 1 aliphatic rings. The maximum Gasteiger partial charge on any atom is 0.317 e. The zero-order valence-electron chi connectivity index (χ0n) is 16.4. The van der Waals surface area contributed by atoms with E-state index in [-0.39, 0.29) is 49.8 Å². The van der Waals surface area contributed by atoms with Gasteiger partial charge in [-0.2, -0.15) is 0 Å². The average Bonchev–Trinajstić information content (AvgIpc) is 2.74. The quantitative estimate of drug-likeness (QED) is 0.402. The minimum Gasteiger partial charge on any atom is -0.480 e. The second-order valence-electron chi connectivity index (χ2n) is 7.00.